The first-order valence-corrected chi connectivity index (χ1v) is 6.60. The summed E-state index contributed by atoms with van der Waals surface area (Å²) < 4.78 is 12.8. The van der Waals surface area contributed by atoms with Gasteiger partial charge in [-0.25, -0.2) is 4.39 Å². The summed E-state index contributed by atoms with van der Waals surface area (Å²) >= 11 is 0. The number of anilines is 1. The molecule has 3 rings (SSSR count). The molecule has 0 radical (unpaired) electrons. The number of nitrogens with one attached hydrogen (secondary N) is 1. The Morgan fingerprint density at radius 1 is 0.947 bits per heavy atom. The number of halogens is 1. The highest BCUT2D eigenvalue weighted by atomic mass is 19.1. The van der Waals surface area contributed by atoms with Gasteiger partial charge >= 0.3 is 0 Å². The molecule has 0 bridgehead atoms. The predicted molar refractivity (Wildman–Crippen MR) is 75.4 cm³/mol. The smallest absolute Gasteiger partial charge is 0.123 e. The van der Waals surface area contributed by atoms with Gasteiger partial charge in [0.25, 0.3) is 0 Å². The highest BCUT2D eigenvalue weighted by Gasteiger charge is 2.17. The monoisotopic (exact) mass is 256 g/mol. The summed E-state index contributed by atoms with van der Waals surface area (Å²) in [6.07, 6.45) is 0. The molecule has 19 heavy (non-hydrogen) atoms. The van der Waals surface area contributed by atoms with E-state index in [1.807, 2.05) is 0 Å². The first kappa shape index (κ1) is 12.2. The summed E-state index contributed by atoms with van der Waals surface area (Å²) in [7, 11) is 0. The minimum atomic E-state index is -0.194. The molecule has 1 heterocycles. The molecule has 98 valence electrons. The van der Waals surface area contributed by atoms with Crippen molar-refractivity contribution in [2.45, 2.75) is 13.1 Å². The summed E-state index contributed by atoms with van der Waals surface area (Å²) in [6.45, 7) is 3.92. The van der Waals surface area contributed by atoms with Gasteiger partial charge in [0.05, 0.1) is 0 Å². The predicted octanol–water partition coefficient (Wildman–Crippen LogP) is 3.25. The number of rotatable bonds is 4. The number of benzene rings is 2. The second kappa shape index (κ2) is 5.41. The lowest BCUT2D eigenvalue weighted by molar-refractivity contribution is 0.296. The average Bonchev–Trinajstić information content (AvgIpc) is 2.83. The minimum Gasteiger partial charge on any atom is -0.384 e. The van der Waals surface area contributed by atoms with Gasteiger partial charge in [-0.3, -0.25) is 4.90 Å². The van der Waals surface area contributed by atoms with Crippen molar-refractivity contribution in [3.05, 3.63) is 65.5 Å². The molecule has 0 aromatic heterocycles. The molecule has 2 nitrogen and oxygen atoms in total. The molecular formula is C16H17FN2. The first-order chi connectivity index (χ1) is 9.31. The van der Waals surface area contributed by atoms with E-state index in [4.69, 9.17) is 0 Å². The van der Waals surface area contributed by atoms with Crippen LogP contribution in [0.3, 0.4) is 0 Å². The fraction of sp³-hybridized carbons (Fsp3) is 0.250. The van der Waals surface area contributed by atoms with Gasteiger partial charge in [-0.1, -0.05) is 24.3 Å². The Balaban J connectivity index is 1.48. The normalized spacial score (nSPS) is 14.4. The maximum atomic E-state index is 12.8. The SMILES string of the molecule is Fc1ccc(NCCN2Cc3ccccc3C2)cc1. The Kier molecular flexibility index (Phi) is 3.47. The number of nitrogens with zero attached hydrogens (tertiary/aromatic N) is 1. The van der Waals surface area contributed by atoms with Crippen LogP contribution < -0.4 is 5.32 Å². The van der Waals surface area contributed by atoms with E-state index in [1.165, 1.54) is 23.3 Å². The maximum absolute atomic E-state index is 12.8. The molecule has 0 aliphatic carbocycles. The largest absolute Gasteiger partial charge is 0.384 e. The third-order valence-corrected chi connectivity index (χ3v) is 3.51. The minimum absolute atomic E-state index is 0.194. The Hall–Kier alpha value is -1.87. The zero-order valence-corrected chi connectivity index (χ0v) is 10.8. The van der Waals surface area contributed by atoms with E-state index >= 15 is 0 Å². The highest BCUT2D eigenvalue weighted by Crippen LogP contribution is 2.21. The van der Waals surface area contributed by atoms with Gasteiger partial charge in [0.1, 0.15) is 5.82 Å². The van der Waals surface area contributed by atoms with Crippen molar-refractivity contribution < 1.29 is 4.39 Å². The van der Waals surface area contributed by atoms with Crippen molar-refractivity contribution in [1.29, 1.82) is 0 Å². The quantitative estimate of drug-likeness (QED) is 0.903. The standard InChI is InChI=1S/C16H17FN2/c17-15-5-7-16(8-6-15)18-9-10-19-11-13-3-1-2-4-14(13)12-19/h1-8,18H,9-12H2. The lowest BCUT2D eigenvalue weighted by Crippen LogP contribution is -2.23. The molecule has 0 saturated heterocycles. The van der Waals surface area contributed by atoms with Crippen LogP contribution in [0.25, 0.3) is 0 Å². The summed E-state index contributed by atoms with van der Waals surface area (Å²) in [5, 5.41) is 3.32. The maximum Gasteiger partial charge on any atom is 0.123 e. The van der Waals surface area contributed by atoms with E-state index in [2.05, 4.69) is 34.5 Å². The van der Waals surface area contributed by atoms with Gasteiger partial charge in [-0.05, 0) is 35.4 Å². The van der Waals surface area contributed by atoms with Crippen LogP contribution in [0.2, 0.25) is 0 Å². The van der Waals surface area contributed by atoms with Crippen molar-refractivity contribution in [3.63, 3.8) is 0 Å². The molecule has 0 atom stereocenters. The molecule has 0 saturated carbocycles. The summed E-state index contributed by atoms with van der Waals surface area (Å²) in [4.78, 5) is 2.42. The van der Waals surface area contributed by atoms with E-state index < -0.39 is 0 Å². The molecule has 1 N–H and O–H groups in total. The molecule has 3 heteroatoms. The lowest BCUT2D eigenvalue weighted by atomic mass is 10.1. The van der Waals surface area contributed by atoms with Crippen molar-refractivity contribution in [3.8, 4) is 0 Å². The van der Waals surface area contributed by atoms with Crippen LogP contribution in [-0.4, -0.2) is 18.0 Å². The van der Waals surface area contributed by atoms with Crippen molar-refractivity contribution in [1.82, 2.24) is 4.90 Å². The van der Waals surface area contributed by atoms with E-state index in [0.717, 1.165) is 31.9 Å². The number of hydrogen-bond donors (Lipinski definition) is 1. The van der Waals surface area contributed by atoms with Crippen LogP contribution in [-0.2, 0) is 13.1 Å². The molecule has 1 aliphatic heterocycles. The molecule has 0 fully saturated rings. The van der Waals surface area contributed by atoms with Crippen LogP contribution in [0.5, 0.6) is 0 Å². The molecule has 1 aliphatic rings. The zero-order valence-electron chi connectivity index (χ0n) is 10.8. The molecule has 0 spiro atoms. The highest BCUT2D eigenvalue weighted by molar-refractivity contribution is 5.42. The second-order valence-corrected chi connectivity index (χ2v) is 4.91. The van der Waals surface area contributed by atoms with Crippen molar-refractivity contribution >= 4 is 5.69 Å². The first-order valence-electron chi connectivity index (χ1n) is 6.60. The Morgan fingerprint density at radius 3 is 2.21 bits per heavy atom. The van der Waals surface area contributed by atoms with Crippen LogP contribution in [0.1, 0.15) is 11.1 Å². The Labute approximate surface area is 112 Å². The summed E-state index contributed by atoms with van der Waals surface area (Å²) in [5.74, 6) is -0.194. The van der Waals surface area contributed by atoms with Crippen molar-refractivity contribution in [2.75, 3.05) is 18.4 Å². The van der Waals surface area contributed by atoms with E-state index in [0.29, 0.717) is 0 Å². The Morgan fingerprint density at radius 2 is 1.58 bits per heavy atom. The Bertz CT molecular complexity index is 526. The topological polar surface area (TPSA) is 15.3 Å². The van der Waals surface area contributed by atoms with Gasteiger partial charge in [-0.15, -0.1) is 0 Å². The fourth-order valence-electron chi connectivity index (χ4n) is 2.49. The lowest BCUT2D eigenvalue weighted by Gasteiger charge is -2.15. The summed E-state index contributed by atoms with van der Waals surface area (Å²) in [6, 6.07) is 15.1. The number of fused-ring (bicyclic) bond motifs is 1. The average molecular weight is 256 g/mol. The van der Waals surface area contributed by atoms with Gasteiger partial charge in [-0.2, -0.15) is 0 Å². The van der Waals surface area contributed by atoms with Crippen LogP contribution in [0.15, 0.2) is 48.5 Å². The van der Waals surface area contributed by atoms with Crippen LogP contribution in [0.4, 0.5) is 10.1 Å². The van der Waals surface area contributed by atoms with Gasteiger partial charge in [0.2, 0.25) is 0 Å². The van der Waals surface area contributed by atoms with E-state index in [-0.39, 0.29) is 5.82 Å². The second-order valence-electron chi connectivity index (χ2n) is 4.91. The van der Waals surface area contributed by atoms with E-state index in [1.54, 1.807) is 12.1 Å². The molecule has 0 unspecified atom stereocenters. The summed E-state index contributed by atoms with van der Waals surface area (Å²) in [5.41, 5.74) is 3.84. The van der Waals surface area contributed by atoms with Crippen LogP contribution in [0, 0.1) is 5.82 Å². The fourth-order valence-corrected chi connectivity index (χ4v) is 2.49. The van der Waals surface area contributed by atoms with Gasteiger partial charge in [0, 0.05) is 31.9 Å². The van der Waals surface area contributed by atoms with Gasteiger partial charge in [0.15, 0.2) is 0 Å². The van der Waals surface area contributed by atoms with E-state index in [9.17, 15) is 4.39 Å². The number of hydrogen-bond acceptors (Lipinski definition) is 2. The molecule has 2 aromatic rings. The zero-order chi connectivity index (χ0) is 13.1. The third kappa shape index (κ3) is 2.93. The third-order valence-electron chi connectivity index (χ3n) is 3.51. The van der Waals surface area contributed by atoms with Crippen LogP contribution >= 0.6 is 0 Å². The molecule has 2 aromatic carbocycles. The molecular weight excluding hydrogens is 239 g/mol. The van der Waals surface area contributed by atoms with Gasteiger partial charge < -0.3 is 5.32 Å². The van der Waals surface area contributed by atoms with Crippen molar-refractivity contribution in [2.24, 2.45) is 0 Å². The molecule has 0 amide bonds.